The van der Waals surface area contributed by atoms with Crippen molar-refractivity contribution in [1.82, 2.24) is 15.5 Å². The van der Waals surface area contributed by atoms with E-state index in [2.05, 4.69) is 10.6 Å². The number of amides is 3. The number of carbonyl (C=O) groups is 3. The van der Waals surface area contributed by atoms with Crippen LogP contribution >= 0.6 is 0 Å². The van der Waals surface area contributed by atoms with Crippen LogP contribution in [0.1, 0.15) is 57.6 Å². The number of benzene rings is 1. The molecule has 0 radical (unpaired) electrons. The van der Waals surface area contributed by atoms with E-state index in [1.54, 1.807) is 7.05 Å². The number of nitrogens with one attached hydrogen (secondary N) is 2. The number of rotatable bonds is 9. The highest BCUT2D eigenvalue weighted by molar-refractivity contribution is 5.99. The van der Waals surface area contributed by atoms with Crippen LogP contribution in [0, 0.1) is 11.8 Å². The van der Waals surface area contributed by atoms with Crippen molar-refractivity contribution in [3.63, 3.8) is 0 Å². The lowest BCUT2D eigenvalue weighted by Crippen LogP contribution is -2.56. The van der Waals surface area contributed by atoms with Gasteiger partial charge in [-0.25, -0.2) is 0 Å². The first-order valence-electron chi connectivity index (χ1n) is 12.1. The van der Waals surface area contributed by atoms with Crippen molar-refractivity contribution in [2.75, 3.05) is 20.2 Å². The molecule has 3 amide bonds. The molecule has 0 saturated carbocycles. The molecule has 3 saturated heterocycles. The summed E-state index contributed by atoms with van der Waals surface area (Å²) in [5.41, 5.74) is -1.09. The Kier molecular flexibility index (Phi) is 6.51. The summed E-state index contributed by atoms with van der Waals surface area (Å²) >= 11 is 0. The van der Waals surface area contributed by atoms with Crippen molar-refractivity contribution in [2.24, 2.45) is 11.8 Å². The van der Waals surface area contributed by atoms with Crippen LogP contribution in [0.4, 0.5) is 0 Å². The van der Waals surface area contributed by atoms with E-state index in [0.29, 0.717) is 25.8 Å². The van der Waals surface area contributed by atoms with E-state index in [1.807, 2.05) is 44.2 Å². The summed E-state index contributed by atoms with van der Waals surface area (Å²) in [6.45, 7) is 4.18. The normalized spacial score (nSPS) is 33.2. The van der Waals surface area contributed by atoms with Gasteiger partial charge >= 0.3 is 0 Å². The second kappa shape index (κ2) is 9.06. The van der Waals surface area contributed by atoms with Crippen molar-refractivity contribution in [2.45, 2.75) is 69.2 Å². The van der Waals surface area contributed by atoms with Crippen LogP contribution < -0.4 is 10.6 Å². The molecule has 8 nitrogen and oxygen atoms in total. The first kappa shape index (κ1) is 23.7. The van der Waals surface area contributed by atoms with Crippen LogP contribution in [0.25, 0.3) is 0 Å². The highest BCUT2D eigenvalue weighted by Gasteiger charge is 2.79. The number of unbranched alkanes of at least 4 members (excludes halogenated alkanes) is 1. The highest BCUT2D eigenvalue weighted by atomic mass is 16.5. The van der Waals surface area contributed by atoms with Crippen molar-refractivity contribution < 1.29 is 24.2 Å². The van der Waals surface area contributed by atoms with Gasteiger partial charge < -0.3 is 25.4 Å². The molecule has 33 heavy (non-hydrogen) atoms. The zero-order valence-electron chi connectivity index (χ0n) is 19.7. The molecule has 2 bridgehead atoms. The second-order valence-corrected chi connectivity index (χ2v) is 9.45. The Hall–Kier alpha value is -2.45. The Morgan fingerprint density at radius 2 is 1.94 bits per heavy atom. The Morgan fingerprint density at radius 3 is 2.55 bits per heavy atom. The minimum absolute atomic E-state index is 0.232. The lowest BCUT2D eigenvalue weighted by Gasteiger charge is -2.37. The van der Waals surface area contributed by atoms with Crippen LogP contribution in [0.2, 0.25) is 0 Å². The summed E-state index contributed by atoms with van der Waals surface area (Å²) in [6, 6.07) is 7.62. The maximum Gasteiger partial charge on any atom is 0.245 e. The number of aliphatic hydroxyl groups excluding tert-OH is 1. The number of likely N-dealkylation sites (tertiary alicyclic amines) is 1. The third-order valence-corrected chi connectivity index (χ3v) is 7.92. The molecular formula is C25H35N3O5. The highest BCUT2D eigenvalue weighted by Crippen LogP contribution is 2.65. The molecule has 180 valence electrons. The molecule has 3 aliphatic heterocycles. The maximum atomic E-state index is 14.1. The van der Waals surface area contributed by atoms with Gasteiger partial charge in [-0.3, -0.25) is 14.4 Å². The average Bonchev–Trinajstić information content (AvgIpc) is 3.44. The fraction of sp³-hybridized carbons (Fsp3) is 0.640. The van der Waals surface area contributed by atoms with Crippen LogP contribution in [0.3, 0.4) is 0 Å². The van der Waals surface area contributed by atoms with E-state index < -0.39 is 35.1 Å². The molecule has 1 aromatic rings. The van der Waals surface area contributed by atoms with Crippen LogP contribution in [-0.4, -0.2) is 65.2 Å². The minimum Gasteiger partial charge on any atom is -0.394 e. The number of fused-ring (bicyclic) bond motifs is 1. The van der Waals surface area contributed by atoms with Crippen molar-refractivity contribution in [1.29, 1.82) is 0 Å². The fourth-order valence-electron chi connectivity index (χ4n) is 6.36. The van der Waals surface area contributed by atoms with Crippen molar-refractivity contribution in [3.05, 3.63) is 35.9 Å². The average molecular weight is 458 g/mol. The fourth-order valence-corrected chi connectivity index (χ4v) is 6.36. The summed E-state index contributed by atoms with van der Waals surface area (Å²) in [6.07, 6.45) is 3.49. The Balaban J connectivity index is 1.81. The molecule has 0 aliphatic carbocycles. The Bertz CT molecular complexity index is 909. The van der Waals surface area contributed by atoms with Gasteiger partial charge in [0.1, 0.15) is 11.6 Å². The van der Waals surface area contributed by atoms with Crippen LogP contribution in [-0.2, 0) is 19.1 Å². The smallest absolute Gasteiger partial charge is 0.245 e. The quantitative estimate of drug-likeness (QED) is 0.488. The zero-order chi connectivity index (χ0) is 23.8. The van der Waals surface area contributed by atoms with Gasteiger partial charge in [-0.2, -0.15) is 0 Å². The number of nitrogens with zero attached hydrogens (tertiary/aromatic N) is 1. The van der Waals surface area contributed by atoms with E-state index >= 15 is 0 Å². The molecule has 3 heterocycles. The monoisotopic (exact) mass is 457 g/mol. The van der Waals surface area contributed by atoms with Gasteiger partial charge in [0.2, 0.25) is 17.7 Å². The van der Waals surface area contributed by atoms with E-state index in [4.69, 9.17) is 4.74 Å². The van der Waals surface area contributed by atoms with Gasteiger partial charge in [0.15, 0.2) is 0 Å². The van der Waals surface area contributed by atoms with Crippen LogP contribution in [0.15, 0.2) is 30.3 Å². The van der Waals surface area contributed by atoms with E-state index in [9.17, 15) is 19.5 Å². The number of ether oxygens (including phenoxy) is 1. The molecule has 1 aromatic carbocycles. The summed E-state index contributed by atoms with van der Waals surface area (Å²) in [5, 5.41) is 16.1. The standard InChI is InChI=1S/C25H35N3O5/c1-4-6-14-27-22(31)20-25-13-12-24(5-2,33-25)18(21(30)26-3)19(25)23(32)28(20)17(15-29)16-10-8-7-9-11-16/h7-11,17-20,29H,4-6,12-15H2,1-3H3,(H,26,30)(H,27,31)/t17-,18-,19+,20?,24+,25?/m1/s1. The lowest BCUT2D eigenvalue weighted by atomic mass is 9.65. The molecule has 1 spiro atoms. The predicted molar refractivity (Wildman–Crippen MR) is 122 cm³/mol. The minimum atomic E-state index is -1.08. The summed E-state index contributed by atoms with van der Waals surface area (Å²) in [7, 11) is 1.57. The molecular weight excluding hydrogens is 422 g/mol. The molecule has 0 aromatic heterocycles. The topological polar surface area (TPSA) is 108 Å². The van der Waals surface area contributed by atoms with Crippen LogP contribution in [0.5, 0.6) is 0 Å². The van der Waals surface area contributed by atoms with Gasteiger partial charge in [-0.1, -0.05) is 50.6 Å². The van der Waals surface area contributed by atoms with E-state index in [0.717, 1.165) is 18.4 Å². The Morgan fingerprint density at radius 1 is 1.21 bits per heavy atom. The molecule has 3 N–H and O–H groups in total. The van der Waals surface area contributed by atoms with Gasteiger partial charge in [-0.05, 0) is 31.2 Å². The van der Waals surface area contributed by atoms with Gasteiger partial charge in [-0.15, -0.1) is 0 Å². The van der Waals surface area contributed by atoms with Crippen molar-refractivity contribution >= 4 is 17.7 Å². The number of hydrogen-bond acceptors (Lipinski definition) is 5. The molecule has 8 heteroatoms. The molecule has 3 fully saturated rings. The number of aliphatic hydroxyl groups is 1. The van der Waals surface area contributed by atoms with Gasteiger partial charge in [0.25, 0.3) is 0 Å². The largest absolute Gasteiger partial charge is 0.394 e. The number of carbonyl (C=O) groups excluding carboxylic acids is 3. The zero-order valence-corrected chi connectivity index (χ0v) is 19.7. The summed E-state index contributed by atoms with van der Waals surface area (Å²) in [5.74, 6) is -2.23. The maximum absolute atomic E-state index is 14.1. The van der Waals surface area contributed by atoms with Gasteiger partial charge in [0.05, 0.1) is 30.1 Å². The lowest BCUT2D eigenvalue weighted by molar-refractivity contribution is -0.151. The molecule has 4 rings (SSSR count). The van der Waals surface area contributed by atoms with Crippen molar-refractivity contribution in [3.8, 4) is 0 Å². The third-order valence-electron chi connectivity index (χ3n) is 7.92. The number of hydrogen-bond donors (Lipinski definition) is 3. The molecule has 2 unspecified atom stereocenters. The molecule has 6 atom stereocenters. The Labute approximate surface area is 195 Å². The first-order valence-corrected chi connectivity index (χ1v) is 12.1. The van der Waals surface area contributed by atoms with E-state index in [-0.39, 0.29) is 24.3 Å². The summed E-state index contributed by atoms with van der Waals surface area (Å²) < 4.78 is 6.66. The summed E-state index contributed by atoms with van der Waals surface area (Å²) in [4.78, 5) is 42.2. The second-order valence-electron chi connectivity index (χ2n) is 9.45. The molecule has 3 aliphatic rings. The SMILES string of the molecule is CCCCNC(=O)C1N([C@H](CO)c2ccccc2)C(=O)[C@@H]2[C@H](C(=O)NC)[C@]3(CC)CCC12O3. The van der Waals surface area contributed by atoms with Gasteiger partial charge in [0, 0.05) is 13.6 Å². The first-order chi connectivity index (χ1) is 15.9. The predicted octanol–water partition coefficient (Wildman–Crippen LogP) is 1.54. The third kappa shape index (κ3) is 3.46. The van der Waals surface area contributed by atoms with E-state index in [1.165, 1.54) is 4.90 Å².